The molecule has 1 aromatic heterocycles. The number of aryl methyl sites for hydroxylation is 1. The monoisotopic (exact) mass is 216 g/mol. The molecule has 0 spiro atoms. The van der Waals surface area contributed by atoms with Gasteiger partial charge in [-0.2, -0.15) is 0 Å². The van der Waals surface area contributed by atoms with Gasteiger partial charge in [0.2, 0.25) is 0 Å². The molecule has 0 bridgehead atoms. The van der Waals surface area contributed by atoms with E-state index in [4.69, 9.17) is 4.98 Å². The Balaban J connectivity index is 2.59. The first-order valence-electron chi connectivity index (χ1n) is 6.23. The predicted octanol–water partition coefficient (Wildman–Crippen LogP) is 3.96. The average Bonchev–Trinajstić information content (AvgIpc) is 2.66. The molecule has 0 aliphatic heterocycles. The van der Waals surface area contributed by atoms with E-state index >= 15 is 0 Å². The van der Waals surface area contributed by atoms with Gasteiger partial charge in [-0.05, 0) is 31.9 Å². The molecule has 2 nitrogen and oxygen atoms in total. The highest BCUT2D eigenvalue weighted by Crippen LogP contribution is 2.23. The van der Waals surface area contributed by atoms with Gasteiger partial charge in [0.15, 0.2) is 0 Å². The van der Waals surface area contributed by atoms with Gasteiger partial charge in [0.05, 0.1) is 11.0 Å². The van der Waals surface area contributed by atoms with Crippen molar-refractivity contribution in [3.05, 3.63) is 30.1 Å². The molecule has 86 valence electrons. The second-order valence-corrected chi connectivity index (χ2v) is 4.39. The van der Waals surface area contributed by atoms with Crippen LogP contribution in [-0.4, -0.2) is 9.55 Å². The van der Waals surface area contributed by atoms with Crippen LogP contribution in [0.4, 0.5) is 0 Å². The molecule has 0 radical (unpaired) electrons. The second kappa shape index (κ2) is 4.69. The van der Waals surface area contributed by atoms with E-state index in [1.165, 1.54) is 11.3 Å². The highest BCUT2D eigenvalue weighted by Gasteiger charge is 2.13. The second-order valence-electron chi connectivity index (χ2n) is 4.39. The van der Waals surface area contributed by atoms with Crippen LogP contribution in [-0.2, 0) is 6.42 Å². The number of rotatable bonds is 4. The van der Waals surface area contributed by atoms with Crippen LogP contribution in [0.15, 0.2) is 24.3 Å². The van der Waals surface area contributed by atoms with Crippen molar-refractivity contribution < 1.29 is 0 Å². The fourth-order valence-corrected chi connectivity index (χ4v) is 2.17. The molecule has 0 aliphatic carbocycles. The molecule has 1 unspecified atom stereocenters. The Morgan fingerprint density at radius 1 is 1.25 bits per heavy atom. The summed E-state index contributed by atoms with van der Waals surface area (Å²) in [5.74, 6) is 1.23. The van der Waals surface area contributed by atoms with Crippen LogP contribution in [0.3, 0.4) is 0 Å². The lowest BCUT2D eigenvalue weighted by molar-refractivity contribution is 0.520. The fraction of sp³-hybridized carbons (Fsp3) is 0.500. The molecule has 1 aromatic carbocycles. The minimum atomic E-state index is 0.536. The minimum absolute atomic E-state index is 0.536. The van der Waals surface area contributed by atoms with Gasteiger partial charge in [-0.15, -0.1) is 0 Å². The summed E-state index contributed by atoms with van der Waals surface area (Å²) in [7, 11) is 0. The van der Waals surface area contributed by atoms with Gasteiger partial charge in [0.25, 0.3) is 0 Å². The van der Waals surface area contributed by atoms with Gasteiger partial charge in [-0.1, -0.05) is 26.0 Å². The van der Waals surface area contributed by atoms with E-state index in [1.807, 2.05) is 0 Å². The van der Waals surface area contributed by atoms with Gasteiger partial charge in [0.1, 0.15) is 5.82 Å². The third kappa shape index (κ3) is 1.84. The predicted molar refractivity (Wildman–Crippen MR) is 68.7 cm³/mol. The average molecular weight is 216 g/mol. The number of hydrogen-bond donors (Lipinski definition) is 0. The molecule has 2 aromatic rings. The third-order valence-corrected chi connectivity index (χ3v) is 3.17. The van der Waals surface area contributed by atoms with E-state index in [1.54, 1.807) is 0 Å². The van der Waals surface area contributed by atoms with Crippen molar-refractivity contribution in [2.24, 2.45) is 0 Å². The van der Waals surface area contributed by atoms with Crippen molar-refractivity contribution in [3.8, 4) is 0 Å². The molecule has 0 fully saturated rings. The fourth-order valence-electron chi connectivity index (χ4n) is 2.17. The Morgan fingerprint density at radius 2 is 2.00 bits per heavy atom. The Hall–Kier alpha value is -1.31. The molecule has 1 heterocycles. The summed E-state index contributed by atoms with van der Waals surface area (Å²) in [4.78, 5) is 4.73. The normalized spacial score (nSPS) is 13.2. The lowest BCUT2D eigenvalue weighted by Gasteiger charge is -2.15. The molecular weight excluding hydrogens is 196 g/mol. The van der Waals surface area contributed by atoms with Gasteiger partial charge in [-0.25, -0.2) is 4.98 Å². The van der Waals surface area contributed by atoms with Crippen LogP contribution in [0.2, 0.25) is 0 Å². The lowest BCUT2D eigenvalue weighted by atomic mass is 10.2. The summed E-state index contributed by atoms with van der Waals surface area (Å²) in [5.41, 5.74) is 2.41. The molecule has 0 saturated heterocycles. The first kappa shape index (κ1) is 11.2. The Labute approximate surface area is 97.3 Å². The summed E-state index contributed by atoms with van der Waals surface area (Å²) in [6.07, 6.45) is 3.37. The van der Waals surface area contributed by atoms with Crippen LogP contribution in [0.5, 0.6) is 0 Å². The zero-order valence-corrected chi connectivity index (χ0v) is 10.4. The van der Waals surface area contributed by atoms with Gasteiger partial charge in [0, 0.05) is 12.5 Å². The molecule has 2 rings (SSSR count). The molecule has 0 N–H and O–H groups in total. The third-order valence-electron chi connectivity index (χ3n) is 3.17. The minimum Gasteiger partial charge on any atom is -0.325 e. The summed E-state index contributed by atoms with van der Waals surface area (Å²) in [6, 6.07) is 8.97. The van der Waals surface area contributed by atoms with Crippen molar-refractivity contribution in [3.63, 3.8) is 0 Å². The van der Waals surface area contributed by atoms with Gasteiger partial charge in [-0.3, -0.25) is 0 Å². The molecule has 16 heavy (non-hydrogen) atoms. The Bertz CT molecular complexity index is 471. The number of hydrogen-bond acceptors (Lipinski definition) is 1. The zero-order valence-electron chi connectivity index (χ0n) is 10.4. The molecule has 1 atom stereocenters. The van der Waals surface area contributed by atoms with E-state index in [2.05, 4.69) is 49.6 Å². The Morgan fingerprint density at radius 3 is 2.69 bits per heavy atom. The topological polar surface area (TPSA) is 17.8 Å². The van der Waals surface area contributed by atoms with Crippen molar-refractivity contribution in [1.29, 1.82) is 0 Å². The number of nitrogens with zero attached hydrogens (tertiary/aromatic N) is 2. The Kier molecular flexibility index (Phi) is 3.28. The maximum Gasteiger partial charge on any atom is 0.110 e. The van der Waals surface area contributed by atoms with E-state index < -0.39 is 0 Å². The van der Waals surface area contributed by atoms with Crippen molar-refractivity contribution in [2.75, 3.05) is 0 Å². The molecule has 2 heteroatoms. The van der Waals surface area contributed by atoms with E-state index in [0.717, 1.165) is 24.8 Å². The first-order valence-corrected chi connectivity index (χ1v) is 6.23. The molecule has 0 saturated carbocycles. The van der Waals surface area contributed by atoms with E-state index in [9.17, 15) is 0 Å². The quantitative estimate of drug-likeness (QED) is 0.756. The lowest BCUT2D eigenvalue weighted by Crippen LogP contribution is -2.08. The highest BCUT2D eigenvalue weighted by molar-refractivity contribution is 5.76. The maximum atomic E-state index is 4.73. The van der Waals surface area contributed by atoms with E-state index in [-0.39, 0.29) is 0 Å². The van der Waals surface area contributed by atoms with Crippen molar-refractivity contribution in [2.45, 2.75) is 46.1 Å². The molecular formula is C14H20N2. The van der Waals surface area contributed by atoms with Gasteiger partial charge < -0.3 is 4.57 Å². The van der Waals surface area contributed by atoms with Crippen LogP contribution in [0, 0.1) is 0 Å². The largest absolute Gasteiger partial charge is 0.325 e. The zero-order chi connectivity index (χ0) is 11.5. The maximum absolute atomic E-state index is 4.73. The van der Waals surface area contributed by atoms with Crippen LogP contribution < -0.4 is 0 Å². The number of benzene rings is 1. The van der Waals surface area contributed by atoms with E-state index in [0.29, 0.717) is 6.04 Å². The smallest absolute Gasteiger partial charge is 0.110 e. The summed E-state index contributed by atoms with van der Waals surface area (Å²) < 4.78 is 2.40. The number of aromatic nitrogens is 2. The number of imidazole rings is 1. The van der Waals surface area contributed by atoms with Crippen molar-refractivity contribution >= 4 is 11.0 Å². The number of para-hydroxylation sites is 2. The van der Waals surface area contributed by atoms with Gasteiger partial charge >= 0.3 is 0 Å². The highest BCUT2D eigenvalue weighted by atomic mass is 15.1. The van der Waals surface area contributed by atoms with Crippen LogP contribution in [0.25, 0.3) is 11.0 Å². The molecule has 0 aliphatic rings. The summed E-state index contributed by atoms with van der Waals surface area (Å²) >= 11 is 0. The van der Waals surface area contributed by atoms with Crippen LogP contribution in [0.1, 0.15) is 45.5 Å². The van der Waals surface area contributed by atoms with Crippen LogP contribution >= 0.6 is 0 Å². The standard InChI is InChI=1S/C14H20N2/c1-4-8-14-15-12-9-6-7-10-13(12)16(14)11(3)5-2/h6-7,9-11H,4-5,8H2,1-3H3. The first-order chi connectivity index (χ1) is 7.77. The SMILES string of the molecule is CCCc1nc2ccccc2n1C(C)CC. The molecule has 0 amide bonds. The summed E-state index contributed by atoms with van der Waals surface area (Å²) in [6.45, 7) is 6.71. The number of fused-ring (bicyclic) bond motifs is 1. The van der Waals surface area contributed by atoms with Crippen molar-refractivity contribution in [1.82, 2.24) is 9.55 Å². The summed E-state index contributed by atoms with van der Waals surface area (Å²) in [5, 5.41) is 0.